The molecule has 0 aliphatic carbocycles. The number of rotatable bonds is 3. The average Bonchev–Trinajstić information content (AvgIpc) is 3.10. The molecule has 6 nitrogen and oxygen atoms in total. The minimum atomic E-state index is 0.599. The van der Waals surface area contributed by atoms with Gasteiger partial charge in [-0.05, 0) is 19.1 Å². The number of anilines is 1. The summed E-state index contributed by atoms with van der Waals surface area (Å²) < 4.78 is 2.89. The Kier molecular flexibility index (Phi) is 2.78. The Morgan fingerprint density at radius 1 is 1.24 bits per heavy atom. The van der Waals surface area contributed by atoms with Crippen LogP contribution in [0, 0.1) is 6.92 Å². The van der Waals surface area contributed by atoms with E-state index in [0.717, 1.165) is 22.0 Å². The van der Waals surface area contributed by atoms with Crippen LogP contribution in [0.2, 0.25) is 0 Å². The van der Waals surface area contributed by atoms with Gasteiger partial charge in [0.1, 0.15) is 17.2 Å². The first-order chi connectivity index (χ1) is 10.3. The van der Waals surface area contributed by atoms with Gasteiger partial charge < -0.3 is 5.32 Å². The van der Waals surface area contributed by atoms with Crippen molar-refractivity contribution >= 4 is 33.1 Å². The lowest BCUT2D eigenvalue weighted by molar-refractivity contribution is 0.915. The zero-order chi connectivity index (χ0) is 14.2. The highest BCUT2D eigenvalue weighted by Gasteiger charge is 2.07. The predicted molar refractivity (Wildman–Crippen MR) is 82.5 cm³/mol. The molecule has 0 aliphatic heterocycles. The molecule has 0 saturated heterocycles. The molecule has 0 bridgehead atoms. The molecule has 21 heavy (non-hydrogen) atoms. The summed E-state index contributed by atoms with van der Waals surface area (Å²) in [6.07, 6.45) is 1.50. The normalized spacial score (nSPS) is 11.3. The number of thiazole rings is 1. The number of nitrogens with zero attached hydrogens (tertiary/aromatic N) is 5. The van der Waals surface area contributed by atoms with Gasteiger partial charge in [0.05, 0.1) is 16.8 Å². The highest BCUT2D eigenvalue weighted by Crippen LogP contribution is 2.22. The van der Waals surface area contributed by atoms with Gasteiger partial charge in [0.2, 0.25) is 0 Å². The second-order valence-corrected chi connectivity index (χ2v) is 5.80. The second-order valence-electron chi connectivity index (χ2n) is 4.68. The Bertz CT molecular complexity index is 892. The fourth-order valence-electron chi connectivity index (χ4n) is 2.22. The minimum Gasteiger partial charge on any atom is -0.363 e. The maximum Gasteiger partial charge on any atom is 0.254 e. The molecule has 7 heteroatoms. The van der Waals surface area contributed by atoms with Crippen LogP contribution in [0.4, 0.5) is 5.82 Å². The third-order valence-electron chi connectivity index (χ3n) is 3.14. The molecule has 0 radical (unpaired) electrons. The smallest absolute Gasteiger partial charge is 0.254 e. The molecule has 4 aromatic rings. The molecule has 0 amide bonds. The zero-order valence-electron chi connectivity index (χ0n) is 11.3. The molecular formula is C14H12N6S. The molecule has 3 aromatic heterocycles. The second kappa shape index (κ2) is 4.78. The van der Waals surface area contributed by atoms with E-state index >= 15 is 0 Å². The molecule has 0 atom stereocenters. The van der Waals surface area contributed by atoms with Crippen LogP contribution in [-0.4, -0.2) is 24.6 Å². The SMILES string of the molecule is Cc1cc(NCc2nc3ccccc3s2)n2ncnc2n1. The molecule has 1 aromatic carbocycles. The lowest BCUT2D eigenvalue weighted by atomic mass is 10.3. The maximum atomic E-state index is 4.61. The molecule has 0 saturated carbocycles. The summed E-state index contributed by atoms with van der Waals surface area (Å²) in [5.74, 6) is 1.47. The summed E-state index contributed by atoms with van der Waals surface area (Å²) in [5.41, 5.74) is 1.94. The Labute approximate surface area is 124 Å². The van der Waals surface area contributed by atoms with Crippen LogP contribution in [-0.2, 0) is 6.54 Å². The van der Waals surface area contributed by atoms with Crippen molar-refractivity contribution < 1.29 is 0 Å². The van der Waals surface area contributed by atoms with Crippen molar-refractivity contribution in [2.24, 2.45) is 0 Å². The molecule has 0 aliphatic rings. The summed E-state index contributed by atoms with van der Waals surface area (Å²) in [6.45, 7) is 2.59. The van der Waals surface area contributed by atoms with Crippen molar-refractivity contribution in [3.8, 4) is 0 Å². The lowest BCUT2D eigenvalue weighted by Crippen LogP contribution is -2.06. The highest BCUT2D eigenvalue weighted by molar-refractivity contribution is 7.18. The van der Waals surface area contributed by atoms with E-state index in [2.05, 4.69) is 31.4 Å². The summed E-state index contributed by atoms with van der Waals surface area (Å²) in [7, 11) is 0. The van der Waals surface area contributed by atoms with Gasteiger partial charge in [0.15, 0.2) is 0 Å². The summed E-state index contributed by atoms with van der Waals surface area (Å²) in [5, 5.41) is 8.58. The average molecular weight is 296 g/mol. The van der Waals surface area contributed by atoms with Gasteiger partial charge in [0.25, 0.3) is 5.78 Å². The highest BCUT2D eigenvalue weighted by atomic mass is 32.1. The van der Waals surface area contributed by atoms with Crippen LogP contribution in [0.3, 0.4) is 0 Å². The monoisotopic (exact) mass is 296 g/mol. The van der Waals surface area contributed by atoms with Gasteiger partial charge in [-0.25, -0.2) is 9.97 Å². The third kappa shape index (κ3) is 2.21. The van der Waals surface area contributed by atoms with Gasteiger partial charge in [-0.1, -0.05) is 12.1 Å². The number of fused-ring (bicyclic) bond motifs is 2. The molecule has 0 fully saturated rings. The molecular weight excluding hydrogens is 284 g/mol. The standard InChI is InChI=1S/C14H12N6S/c1-9-6-12(20-14(18-9)16-8-17-20)15-7-13-19-10-4-2-3-5-11(10)21-13/h2-6,8,15H,7H2,1H3. The minimum absolute atomic E-state index is 0.599. The fraction of sp³-hybridized carbons (Fsp3) is 0.143. The van der Waals surface area contributed by atoms with Gasteiger partial charge in [-0.15, -0.1) is 11.3 Å². The van der Waals surface area contributed by atoms with Gasteiger partial charge in [-0.3, -0.25) is 0 Å². The molecule has 0 unspecified atom stereocenters. The lowest BCUT2D eigenvalue weighted by Gasteiger charge is -2.06. The summed E-state index contributed by atoms with van der Waals surface area (Å²) in [6, 6.07) is 10.1. The van der Waals surface area contributed by atoms with E-state index in [4.69, 9.17) is 0 Å². The Morgan fingerprint density at radius 3 is 3.05 bits per heavy atom. The van der Waals surface area contributed by atoms with Crippen molar-refractivity contribution in [1.82, 2.24) is 24.6 Å². The number of hydrogen-bond acceptors (Lipinski definition) is 6. The molecule has 3 heterocycles. The van der Waals surface area contributed by atoms with Crippen LogP contribution >= 0.6 is 11.3 Å². The van der Waals surface area contributed by atoms with E-state index in [1.165, 1.54) is 11.0 Å². The van der Waals surface area contributed by atoms with Crippen molar-refractivity contribution in [2.75, 3.05) is 5.32 Å². The Hall–Kier alpha value is -2.54. The Balaban J connectivity index is 1.64. The van der Waals surface area contributed by atoms with Crippen molar-refractivity contribution in [1.29, 1.82) is 0 Å². The van der Waals surface area contributed by atoms with Gasteiger partial charge >= 0.3 is 0 Å². The molecule has 1 N–H and O–H groups in total. The molecule has 0 spiro atoms. The van der Waals surface area contributed by atoms with Crippen molar-refractivity contribution in [3.63, 3.8) is 0 Å². The van der Waals surface area contributed by atoms with Gasteiger partial charge in [-0.2, -0.15) is 14.6 Å². The van der Waals surface area contributed by atoms with Crippen LogP contribution < -0.4 is 5.32 Å². The fourth-order valence-corrected chi connectivity index (χ4v) is 3.13. The number of aromatic nitrogens is 5. The van der Waals surface area contributed by atoms with Crippen LogP contribution in [0.1, 0.15) is 10.7 Å². The van der Waals surface area contributed by atoms with E-state index in [1.54, 1.807) is 15.9 Å². The Morgan fingerprint density at radius 2 is 2.14 bits per heavy atom. The van der Waals surface area contributed by atoms with E-state index in [-0.39, 0.29) is 0 Å². The van der Waals surface area contributed by atoms with Crippen molar-refractivity contribution in [3.05, 3.63) is 47.4 Å². The predicted octanol–water partition coefficient (Wildman–Crippen LogP) is 2.65. The first-order valence-electron chi connectivity index (χ1n) is 6.55. The molecule has 104 valence electrons. The zero-order valence-corrected chi connectivity index (χ0v) is 12.1. The number of para-hydroxylation sites is 1. The number of nitrogens with one attached hydrogen (secondary N) is 1. The number of benzene rings is 1. The molecule has 4 rings (SSSR count). The summed E-state index contributed by atoms with van der Waals surface area (Å²) in [4.78, 5) is 13.1. The quantitative estimate of drug-likeness (QED) is 0.629. The van der Waals surface area contributed by atoms with Crippen LogP contribution in [0.15, 0.2) is 36.7 Å². The van der Waals surface area contributed by atoms with Crippen molar-refractivity contribution in [2.45, 2.75) is 13.5 Å². The van der Waals surface area contributed by atoms with E-state index in [0.29, 0.717) is 12.3 Å². The topological polar surface area (TPSA) is 68.0 Å². The maximum absolute atomic E-state index is 4.61. The number of aryl methyl sites for hydroxylation is 1. The van der Waals surface area contributed by atoms with E-state index in [9.17, 15) is 0 Å². The van der Waals surface area contributed by atoms with E-state index < -0.39 is 0 Å². The largest absolute Gasteiger partial charge is 0.363 e. The van der Waals surface area contributed by atoms with E-state index in [1.807, 2.05) is 31.2 Å². The van der Waals surface area contributed by atoms with Gasteiger partial charge in [0, 0.05) is 11.8 Å². The first kappa shape index (κ1) is 12.2. The van der Waals surface area contributed by atoms with Crippen LogP contribution in [0.5, 0.6) is 0 Å². The van der Waals surface area contributed by atoms with Crippen LogP contribution in [0.25, 0.3) is 16.0 Å². The number of hydrogen-bond donors (Lipinski definition) is 1. The summed E-state index contributed by atoms with van der Waals surface area (Å²) >= 11 is 1.69. The third-order valence-corrected chi connectivity index (χ3v) is 4.18. The first-order valence-corrected chi connectivity index (χ1v) is 7.37.